The molecule has 19 heavy (non-hydrogen) atoms. The molecule has 3 nitrogen and oxygen atoms in total. The van der Waals surface area contributed by atoms with Crippen molar-refractivity contribution in [1.29, 1.82) is 0 Å². The maximum Gasteiger partial charge on any atom is 0.416 e. The van der Waals surface area contributed by atoms with Gasteiger partial charge in [0, 0.05) is 6.54 Å². The fourth-order valence-electron chi connectivity index (χ4n) is 1.91. The normalized spacial score (nSPS) is 23.1. The molecule has 0 saturated carbocycles. The third kappa shape index (κ3) is 2.52. The van der Waals surface area contributed by atoms with Crippen LogP contribution in [0.15, 0.2) is 18.2 Å². The van der Waals surface area contributed by atoms with E-state index in [0.29, 0.717) is 18.7 Å². The standard InChI is InChI=1S/C13H15F3N2O/c1-3-12(2)7-17-9-5-4-8(13(14,15)16)6-10(9)18-11(12)19/h4-6,17H,3,7H2,1-2H3,(H,18,19). The van der Waals surface area contributed by atoms with Crippen LogP contribution >= 0.6 is 0 Å². The van der Waals surface area contributed by atoms with E-state index in [0.717, 1.165) is 12.1 Å². The van der Waals surface area contributed by atoms with Crippen LogP contribution in [-0.4, -0.2) is 12.5 Å². The first-order chi connectivity index (χ1) is 8.76. The number of carbonyl (C=O) groups excluding carboxylic acids is 1. The van der Waals surface area contributed by atoms with E-state index >= 15 is 0 Å². The van der Waals surface area contributed by atoms with Crippen LogP contribution in [0, 0.1) is 5.41 Å². The van der Waals surface area contributed by atoms with E-state index < -0.39 is 17.2 Å². The molecule has 1 heterocycles. The van der Waals surface area contributed by atoms with E-state index in [9.17, 15) is 18.0 Å². The van der Waals surface area contributed by atoms with Gasteiger partial charge in [0.1, 0.15) is 0 Å². The molecule has 2 N–H and O–H groups in total. The number of fused-ring (bicyclic) bond motifs is 1. The molecule has 0 aliphatic carbocycles. The lowest BCUT2D eigenvalue weighted by atomic mass is 9.86. The van der Waals surface area contributed by atoms with Gasteiger partial charge in [-0.2, -0.15) is 13.2 Å². The summed E-state index contributed by atoms with van der Waals surface area (Å²) in [5, 5.41) is 5.60. The smallest absolute Gasteiger partial charge is 0.382 e. The minimum atomic E-state index is -4.42. The molecule has 1 unspecified atom stereocenters. The average Bonchev–Trinajstić information content (AvgIpc) is 2.46. The molecule has 0 aromatic heterocycles. The first-order valence-corrected chi connectivity index (χ1v) is 6.03. The highest BCUT2D eigenvalue weighted by Crippen LogP contribution is 2.37. The molecule has 0 fully saturated rings. The van der Waals surface area contributed by atoms with Gasteiger partial charge in [-0.3, -0.25) is 4.79 Å². The molecule has 1 amide bonds. The molecule has 0 bridgehead atoms. The predicted octanol–water partition coefficient (Wildman–Crippen LogP) is 3.49. The van der Waals surface area contributed by atoms with Crippen molar-refractivity contribution in [2.24, 2.45) is 5.41 Å². The van der Waals surface area contributed by atoms with Crippen LogP contribution in [0.1, 0.15) is 25.8 Å². The quantitative estimate of drug-likeness (QED) is 0.821. The van der Waals surface area contributed by atoms with Crippen LogP contribution in [0.3, 0.4) is 0 Å². The molecule has 0 saturated heterocycles. The summed E-state index contributed by atoms with van der Waals surface area (Å²) in [7, 11) is 0. The lowest BCUT2D eigenvalue weighted by molar-refractivity contribution is -0.137. The number of halogens is 3. The molecule has 0 radical (unpaired) electrons. The highest BCUT2D eigenvalue weighted by atomic mass is 19.4. The van der Waals surface area contributed by atoms with Gasteiger partial charge in [0.2, 0.25) is 5.91 Å². The van der Waals surface area contributed by atoms with Gasteiger partial charge in [0.25, 0.3) is 0 Å². The highest BCUT2D eigenvalue weighted by Gasteiger charge is 2.36. The number of nitrogens with one attached hydrogen (secondary N) is 2. The van der Waals surface area contributed by atoms with Crippen LogP contribution < -0.4 is 10.6 Å². The maximum absolute atomic E-state index is 12.6. The molecule has 1 aromatic carbocycles. The summed E-state index contributed by atoms with van der Waals surface area (Å²) in [6.45, 7) is 4.05. The topological polar surface area (TPSA) is 41.1 Å². The van der Waals surface area contributed by atoms with Gasteiger partial charge in [-0.05, 0) is 31.5 Å². The lowest BCUT2D eigenvalue weighted by Crippen LogP contribution is -2.36. The second-order valence-electron chi connectivity index (χ2n) is 4.98. The second kappa shape index (κ2) is 4.43. The Morgan fingerprint density at radius 3 is 2.58 bits per heavy atom. The number of hydrogen-bond donors (Lipinski definition) is 2. The lowest BCUT2D eigenvalue weighted by Gasteiger charge is -2.23. The van der Waals surface area contributed by atoms with Crippen molar-refractivity contribution in [3.63, 3.8) is 0 Å². The van der Waals surface area contributed by atoms with Gasteiger partial charge in [0.05, 0.1) is 22.4 Å². The SMILES string of the molecule is CCC1(C)CNc2ccc(C(F)(F)F)cc2NC1=O. The molecule has 1 aliphatic heterocycles. The van der Waals surface area contributed by atoms with Crippen molar-refractivity contribution in [3.8, 4) is 0 Å². The third-order valence-electron chi connectivity index (χ3n) is 3.59. The summed E-state index contributed by atoms with van der Waals surface area (Å²) in [6.07, 6.45) is -3.81. The van der Waals surface area contributed by atoms with Gasteiger partial charge < -0.3 is 10.6 Å². The van der Waals surface area contributed by atoms with Crippen molar-refractivity contribution in [1.82, 2.24) is 0 Å². The van der Waals surface area contributed by atoms with E-state index in [1.54, 1.807) is 6.92 Å². The number of rotatable bonds is 1. The largest absolute Gasteiger partial charge is 0.416 e. The van der Waals surface area contributed by atoms with Gasteiger partial charge >= 0.3 is 6.18 Å². The van der Waals surface area contributed by atoms with Crippen molar-refractivity contribution in [2.45, 2.75) is 26.4 Å². The molecule has 2 rings (SSSR count). The van der Waals surface area contributed by atoms with Gasteiger partial charge in [-0.1, -0.05) is 6.92 Å². The summed E-state index contributed by atoms with van der Waals surface area (Å²) in [5.41, 5.74) is -0.707. The molecule has 1 atom stereocenters. The second-order valence-corrected chi connectivity index (χ2v) is 4.98. The van der Waals surface area contributed by atoms with Gasteiger partial charge in [-0.15, -0.1) is 0 Å². The molecular weight excluding hydrogens is 257 g/mol. The Balaban J connectivity index is 2.39. The monoisotopic (exact) mass is 272 g/mol. The first kappa shape index (κ1) is 13.7. The minimum absolute atomic E-state index is 0.178. The predicted molar refractivity (Wildman–Crippen MR) is 67.0 cm³/mol. The van der Waals surface area contributed by atoms with E-state index in [2.05, 4.69) is 10.6 Å². The van der Waals surface area contributed by atoms with Crippen LogP contribution in [0.25, 0.3) is 0 Å². The number of hydrogen-bond acceptors (Lipinski definition) is 2. The summed E-state index contributed by atoms with van der Waals surface area (Å²) >= 11 is 0. The van der Waals surface area contributed by atoms with Crippen molar-refractivity contribution in [2.75, 3.05) is 17.2 Å². The van der Waals surface area contributed by atoms with Gasteiger partial charge in [-0.25, -0.2) is 0 Å². The molecule has 6 heteroatoms. The van der Waals surface area contributed by atoms with Crippen molar-refractivity contribution in [3.05, 3.63) is 23.8 Å². The fraction of sp³-hybridized carbons (Fsp3) is 0.462. The van der Waals surface area contributed by atoms with Crippen LogP contribution in [0.2, 0.25) is 0 Å². The average molecular weight is 272 g/mol. The van der Waals surface area contributed by atoms with E-state index in [4.69, 9.17) is 0 Å². The third-order valence-corrected chi connectivity index (χ3v) is 3.59. The van der Waals surface area contributed by atoms with Gasteiger partial charge in [0.15, 0.2) is 0 Å². The highest BCUT2D eigenvalue weighted by molar-refractivity contribution is 5.99. The molecule has 104 valence electrons. The van der Waals surface area contributed by atoms with Crippen LogP contribution in [0.4, 0.5) is 24.5 Å². The number of anilines is 2. The zero-order valence-corrected chi connectivity index (χ0v) is 10.7. The molecule has 0 spiro atoms. The maximum atomic E-state index is 12.6. The number of benzene rings is 1. The minimum Gasteiger partial charge on any atom is -0.382 e. The fourth-order valence-corrected chi connectivity index (χ4v) is 1.91. The molecule has 1 aliphatic rings. The Labute approximate surface area is 109 Å². The van der Waals surface area contributed by atoms with E-state index in [1.165, 1.54) is 6.07 Å². The van der Waals surface area contributed by atoms with Crippen molar-refractivity contribution >= 4 is 17.3 Å². The Bertz CT molecular complexity index is 513. The van der Waals surface area contributed by atoms with Crippen molar-refractivity contribution < 1.29 is 18.0 Å². The Morgan fingerprint density at radius 2 is 2.00 bits per heavy atom. The number of carbonyl (C=O) groups is 1. The zero-order chi connectivity index (χ0) is 14.3. The Hall–Kier alpha value is -1.72. The Morgan fingerprint density at radius 1 is 1.32 bits per heavy atom. The Kier molecular flexibility index (Phi) is 3.20. The zero-order valence-electron chi connectivity index (χ0n) is 10.7. The summed E-state index contributed by atoms with van der Waals surface area (Å²) in [4.78, 5) is 12.1. The summed E-state index contributed by atoms with van der Waals surface area (Å²) < 4.78 is 37.9. The van der Waals surface area contributed by atoms with E-state index in [-0.39, 0.29) is 11.6 Å². The van der Waals surface area contributed by atoms with Crippen LogP contribution in [-0.2, 0) is 11.0 Å². The molecular formula is C13H15F3N2O. The van der Waals surface area contributed by atoms with E-state index in [1.807, 2.05) is 6.92 Å². The van der Waals surface area contributed by atoms with Crippen LogP contribution in [0.5, 0.6) is 0 Å². The summed E-state index contributed by atoms with van der Waals surface area (Å²) in [6, 6.07) is 3.31. The number of amides is 1. The number of alkyl halides is 3. The summed E-state index contributed by atoms with van der Waals surface area (Å²) in [5.74, 6) is -0.263. The first-order valence-electron chi connectivity index (χ1n) is 6.03. The molecule has 1 aromatic rings.